The second kappa shape index (κ2) is 13.0. The summed E-state index contributed by atoms with van der Waals surface area (Å²) in [5.74, 6) is 0.302. The largest absolute Gasteiger partial charge is 0.493 e. The van der Waals surface area contributed by atoms with E-state index in [-0.39, 0.29) is 17.2 Å². The third-order valence-electron chi connectivity index (χ3n) is 6.89. The minimum atomic E-state index is -4.09. The summed E-state index contributed by atoms with van der Waals surface area (Å²) in [7, 11) is -1.16. The van der Waals surface area contributed by atoms with Crippen molar-refractivity contribution in [2.45, 2.75) is 44.2 Å². The molecule has 1 N–H and O–H groups in total. The monoisotopic (exact) mass is 551 g/mol. The highest BCUT2D eigenvalue weighted by Gasteiger charge is 2.28. The second-order valence-electron chi connectivity index (χ2n) is 9.80. The number of carbonyl (C=O) groups excluding carboxylic acids is 1. The number of carbonyl (C=O) groups is 1. The van der Waals surface area contributed by atoms with E-state index in [2.05, 4.69) is 22.3 Å². The second-order valence-corrected chi connectivity index (χ2v) is 11.7. The highest BCUT2D eigenvalue weighted by atomic mass is 32.2. The standard InChI is InChI=1S/C30H37N3O5S/c1-23-10-12-26(13-11-23)33(39(35,36)27-14-15-28(37-2)29(19-27)38-3)22-30(34)31-20-24-8-7-9-25(18-24)21-32-16-5-4-6-17-32/h7-15,18-19H,4-6,16-17,20-22H2,1-3H3,(H,31,34). The summed E-state index contributed by atoms with van der Waals surface area (Å²) in [6.07, 6.45) is 3.77. The number of hydrogen-bond acceptors (Lipinski definition) is 6. The summed E-state index contributed by atoms with van der Waals surface area (Å²) in [4.78, 5) is 15.6. The predicted molar refractivity (Wildman–Crippen MR) is 153 cm³/mol. The topological polar surface area (TPSA) is 88.2 Å². The van der Waals surface area contributed by atoms with E-state index in [4.69, 9.17) is 9.47 Å². The maximum Gasteiger partial charge on any atom is 0.264 e. The van der Waals surface area contributed by atoms with E-state index in [9.17, 15) is 13.2 Å². The lowest BCUT2D eigenvalue weighted by Gasteiger charge is -2.26. The van der Waals surface area contributed by atoms with Crippen molar-refractivity contribution in [3.63, 3.8) is 0 Å². The number of rotatable bonds is 11. The molecule has 39 heavy (non-hydrogen) atoms. The molecule has 0 bridgehead atoms. The number of ether oxygens (including phenoxy) is 2. The lowest BCUT2D eigenvalue weighted by molar-refractivity contribution is -0.119. The van der Waals surface area contributed by atoms with Crippen LogP contribution in [0.5, 0.6) is 11.5 Å². The highest BCUT2D eigenvalue weighted by molar-refractivity contribution is 7.92. The highest BCUT2D eigenvalue weighted by Crippen LogP contribution is 2.32. The Bertz CT molecular complexity index is 1370. The molecule has 0 atom stereocenters. The van der Waals surface area contributed by atoms with Gasteiger partial charge in [-0.05, 0) is 68.2 Å². The molecule has 1 aliphatic rings. The molecule has 3 aromatic rings. The first-order valence-electron chi connectivity index (χ1n) is 13.2. The number of piperidine rings is 1. The number of amides is 1. The molecule has 1 aliphatic heterocycles. The van der Waals surface area contributed by atoms with Gasteiger partial charge >= 0.3 is 0 Å². The van der Waals surface area contributed by atoms with Gasteiger partial charge in [-0.1, -0.05) is 48.4 Å². The molecule has 4 rings (SSSR count). The van der Waals surface area contributed by atoms with Gasteiger partial charge in [-0.3, -0.25) is 14.0 Å². The smallest absolute Gasteiger partial charge is 0.264 e. The first-order valence-corrected chi connectivity index (χ1v) is 14.6. The lowest BCUT2D eigenvalue weighted by Crippen LogP contribution is -2.40. The first kappa shape index (κ1) is 28.4. The van der Waals surface area contributed by atoms with Crippen molar-refractivity contribution < 1.29 is 22.7 Å². The van der Waals surface area contributed by atoms with E-state index in [1.54, 1.807) is 12.1 Å². The van der Waals surface area contributed by atoms with Gasteiger partial charge in [0, 0.05) is 19.2 Å². The molecule has 0 radical (unpaired) electrons. The molecule has 9 heteroatoms. The summed E-state index contributed by atoms with van der Waals surface area (Å²) < 4.78 is 39.2. The van der Waals surface area contributed by atoms with E-state index in [0.29, 0.717) is 18.0 Å². The maximum atomic E-state index is 13.8. The minimum Gasteiger partial charge on any atom is -0.493 e. The fourth-order valence-electron chi connectivity index (χ4n) is 4.73. The Hall–Kier alpha value is -3.56. The van der Waals surface area contributed by atoms with Gasteiger partial charge < -0.3 is 14.8 Å². The van der Waals surface area contributed by atoms with E-state index in [0.717, 1.165) is 35.1 Å². The van der Waals surface area contributed by atoms with Crippen LogP contribution in [-0.2, 0) is 27.9 Å². The Labute approximate surface area is 231 Å². The average Bonchev–Trinajstić information content (AvgIpc) is 2.95. The minimum absolute atomic E-state index is 0.000983. The number of aryl methyl sites for hydroxylation is 1. The van der Waals surface area contributed by atoms with Gasteiger partial charge in [-0.15, -0.1) is 0 Å². The quantitative estimate of drug-likeness (QED) is 0.377. The van der Waals surface area contributed by atoms with E-state index in [1.165, 1.54) is 57.2 Å². The summed E-state index contributed by atoms with van der Waals surface area (Å²) >= 11 is 0. The molecule has 208 valence electrons. The number of hydrogen-bond donors (Lipinski definition) is 1. The van der Waals surface area contributed by atoms with Crippen LogP contribution < -0.4 is 19.1 Å². The normalized spacial score (nSPS) is 14.0. The number of methoxy groups -OCH3 is 2. The van der Waals surface area contributed by atoms with Gasteiger partial charge in [0.05, 0.1) is 24.8 Å². The molecule has 1 amide bonds. The van der Waals surface area contributed by atoms with Gasteiger partial charge in [-0.25, -0.2) is 8.42 Å². The Kier molecular flexibility index (Phi) is 9.48. The van der Waals surface area contributed by atoms with E-state index in [1.807, 2.05) is 31.2 Å². The lowest BCUT2D eigenvalue weighted by atomic mass is 10.1. The number of benzene rings is 3. The van der Waals surface area contributed by atoms with Crippen LogP contribution >= 0.6 is 0 Å². The molecule has 1 fully saturated rings. The van der Waals surface area contributed by atoms with Crippen molar-refractivity contribution >= 4 is 21.6 Å². The zero-order valence-corrected chi connectivity index (χ0v) is 23.7. The van der Waals surface area contributed by atoms with Crippen molar-refractivity contribution in [1.29, 1.82) is 0 Å². The molecule has 1 saturated heterocycles. The number of nitrogens with zero attached hydrogens (tertiary/aromatic N) is 2. The number of sulfonamides is 1. The van der Waals surface area contributed by atoms with Crippen LogP contribution in [0.2, 0.25) is 0 Å². The Balaban J connectivity index is 1.50. The zero-order chi connectivity index (χ0) is 27.8. The Morgan fingerprint density at radius 3 is 2.28 bits per heavy atom. The molecular formula is C30H37N3O5S. The number of likely N-dealkylation sites (tertiary alicyclic amines) is 1. The third-order valence-corrected chi connectivity index (χ3v) is 8.66. The van der Waals surface area contributed by atoms with Gasteiger partial charge in [0.1, 0.15) is 6.54 Å². The van der Waals surface area contributed by atoms with E-state index >= 15 is 0 Å². The van der Waals surface area contributed by atoms with Gasteiger partial charge in [0.2, 0.25) is 5.91 Å². The van der Waals surface area contributed by atoms with Gasteiger partial charge in [-0.2, -0.15) is 0 Å². The van der Waals surface area contributed by atoms with Crippen LogP contribution in [0.1, 0.15) is 36.0 Å². The number of anilines is 1. The first-order chi connectivity index (χ1) is 18.8. The molecular weight excluding hydrogens is 514 g/mol. The van der Waals surface area contributed by atoms with Gasteiger partial charge in [0.25, 0.3) is 10.0 Å². The molecule has 8 nitrogen and oxygen atoms in total. The zero-order valence-electron chi connectivity index (χ0n) is 22.9. The van der Waals surface area contributed by atoms with Crippen LogP contribution in [0.4, 0.5) is 5.69 Å². The molecule has 0 unspecified atom stereocenters. The van der Waals surface area contributed by atoms with Crippen molar-refractivity contribution in [2.24, 2.45) is 0 Å². The molecule has 3 aromatic carbocycles. The fraction of sp³-hybridized carbons (Fsp3) is 0.367. The Morgan fingerprint density at radius 2 is 1.59 bits per heavy atom. The molecule has 0 spiro atoms. The molecule has 0 saturated carbocycles. The van der Waals surface area contributed by atoms with Gasteiger partial charge in [0.15, 0.2) is 11.5 Å². The maximum absolute atomic E-state index is 13.8. The molecule has 0 aromatic heterocycles. The fourth-order valence-corrected chi connectivity index (χ4v) is 6.17. The third kappa shape index (κ3) is 7.30. The van der Waals surface area contributed by atoms with Crippen LogP contribution in [-0.4, -0.2) is 53.1 Å². The van der Waals surface area contributed by atoms with Crippen molar-refractivity contribution in [3.8, 4) is 11.5 Å². The molecule has 1 heterocycles. The van der Waals surface area contributed by atoms with Crippen LogP contribution in [0.15, 0.2) is 71.6 Å². The summed E-state index contributed by atoms with van der Waals surface area (Å²) in [6, 6.07) is 19.6. The summed E-state index contributed by atoms with van der Waals surface area (Å²) in [5.41, 5.74) is 3.56. The number of nitrogens with one attached hydrogen (secondary N) is 1. The predicted octanol–water partition coefficient (Wildman–Crippen LogP) is 4.51. The van der Waals surface area contributed by atoms with Crippen molar-refractivity contribution in [2.75, 3.05) is 38.2 Å². The van der Waals surface area contributed by atoms with E-state index < -0.39 is 15.9 Å². The SMILES string of the molecule is COc1ccc(S(=O)(=O)N(CC(=O)NCc2cccc(CN3CCCCC3)c2)c2ccc(C)cc2)cc1OC. The summed E-state index contributed by atoms with van der Waals surface area (Å²) in [6.45, 7) is 4.99. The van der Waals surface area contributed by atoms with Crippen molar-refractivity contribution in [1.82, 2.24) is 10.2 Å². The Morgan fingerprint density at radius 1 is 0.897 bits per heavy atom. The van der Waals surface area contributed by atoms with Crippen LogP contribution in [0, 0.1) is 6.92 Å². The van der Waals surface area contributed by atoms with Crippen LogP contribution in [0.25, 0.3) is 0 Å². The van der Waals surface area contributed by atoms with Crippen LogP contribution in [0.3, 0.4) is 0 Å². The summed E-state index contributed by atoms with van der Waals surface area (Å²) in [5, 5.41) is 2.90. The average molecular weight is 552 g/mol. The molecule has 0 aliphatic carbocycles. The van der Waals surface area contributed by atoms with Crippen molar-refractivity contribution in [3.05, 3.63) is 83.4 Å².